The van der Waals surface area contributed by atoms with Crippen LogP contribution in [0.1, 0.15) is 5.76 Å². The lowest BCUT2D eigenvalue weighted by atomic mass is 9.98. The van der Waals surface area contributed by atoms with Crippen LogP contribution in [0.2, 0.25) is 0 Å². The largest absolute Gasteiger partial charge is 0.560 e. The predicted molar refractivity (Wildman–Crippen MR) is 70.8 cm³/mol. The normalized spacial score (nSPS) is 25.4. The van der Waals surface area contributed by atoms with Gasteiger partial charge in [0.1, 0.15) is 6.04 Å². The lowest BCUT2D eigenvalue weighted by molar-refractivity contribution is -0.0431. The Labute approximate surface area is 115 Å². The molecule has 3 heterocycles. The number of hydrogen-bond acceptors (Lipinski definition) is 6. The van der Waals surface area contributed by atoms with E-state index >= 15 is 0 Å². The molecule has 9 heteroatoms. The van der Waals surface area contributed by atoms with Gasteiger partial charge in [0.25, 0.3) is 0 Å². The zero-order chi connectivity index (χ0) is 14.1. The Morgan fingerprint density at radius 1 is 1.70 bits per heavy atom. The number of hydroxylamine groups is 2. The van der Waals surface area contributed by atoms with Gasteiger partial charge in [-0.1, -0.05) is 6.08 Å². The first-order valence-electron chi connectivity index (χ1n) is 6.12. The van der Waals surface area contributed by atoms with Gasteiger partial charge in [-0.2, -0.15) is 5.06 Å². The summed E-state index contributed by atoms with van der Waals surface area (Å²) in [6.07, 6.45) is 6.08. The average Bonchev–Trinajstić information content (AvgIpc) is 3.06. The van der Waals surface area contributed by atoms with Crippen molar-refractivity contribution >= 4 is 26.1 Å². The highest BCUT2D eigenvalue weighted by molar-refractivity contribution is 6.02. The maximum atomic E-state index is 12.0. The third-order valence-corrected chi connectivity index (χ3v) is 3.43. The number of oxazole rings is 1. The van der Waals surface area contributed by atoms with Crippen molar-refractivity contribution < 1.29 is 19.1 Å². The zero-order valence-electron chi connectivity index (χ0n) is 10.8. The van der Waals surface area contributed by atoms with Gasteiger partial charge in [0.2, 0.25) is 0 Å². The number of aliphatic imine (C=N–C) groups is 1. The molecule has 0 radical (unpaired) electrons. The average molecular weight is 276 g/mol. The molecule has 2 aliphatic heterocycles. The molecule has 1 aromatic rings. The van der Waals surface area contributed by atoms with E-state index in [1.807, 2.05) is 6.08 Å². The van der Waals surface area contributed by atoms with E-state index in [1.165, 1.54) is 20.8 Å². The van der Waals surface area contributed by atoms with Crippen molar-refractivity contribution in [1.29, 1.82) is 0 Å². The Kier molecular flexibility index (Phi) is 3.19. The third-order valence-electron chi connectivity index (χ3n) is 3.43. The van der Waals surface area contributed by atoms with Crippen LogP contribution in [0.3, 0.4) is 0 Å². The van der Waals surface area contributed by atoms with Crippen molar-refractivity contribution in [1.82, 2.24) is 14.9 Å². The van der Waals surface area contributed by atoms with Gasteiger partial charge < -0.3 is 14.0 Å². The quantitative estimate of drug-likeness (QED) is 0.347. The number of amides is 2. The molecule has 1 saturated heterocycles. The highest BCUT2D eigenvalue weighted by Crippen LogP contribution is 2.34. The van der Waals surface area contributed by atoms with Crippen LogP contribution in [0.5, 0.6) is 0 Å². The van der Waals surface area contributed by atoms with E-state index in [0.29, 0.717) is 18.8 Å². The summed E-state index contributed by atoms with van der Waals surface area (Å²) in [7, 11) is 1.51. The highest BCUT2D eigenvalue weighted by atomic mass is 16.5. The minimum Gasteiger partial charge on any atom is -0.560 e. The summed E-state index contributed by atoms with van der Waals surface area (Å²) in [5, 5.41) is 10.6. The SMILES string of the molecule is BOC=NC[C@@H]1C=C(c2cnco2)[C@@H]2CN1C(=O)N2O. The Bertz CT molecular complexity index is 559. The Balaban J connectivity index is 1.92. The topological polar surface area (TPSA) is 91.4 Å². The maximum Gasteiger partial charge on any atom is 0.345 e. The van der Waals surface area contributed by atoms with Crippen LogP contribution in [-0.2, 0) is 4.65 Å². The molecule has 8 nitrogen and oxygen atoms in total. The van der Waals surface area contributed by atoms with Crippen molar-refractivity contribution in [2.24, 2.45) is 4.99 Å². The van der Waals surface area contributed by atoms with Gasteiger partial charge >= 0.3 is 14.1 Å². The molecule has 1 N–H and O–H groups in total. The van der Waals surface area contributed by atoms with Gasteiger partial charge in [0.05, 0.1) is 25.3 Å². The number of hydrogen-bond donors (Lipinski definition) is 1. The molecule has 2 aliphatic rings. The first kappa shape index (κ1) is 12.7. The number of urea groups is 1. The summed E-state index contributed by atoms with van der Waals surface area (Å²) in [6, 6.07) is -1.11. The second kappa shape index (κ2) is 5.01. The molecular formula is C11H13BN4O4. The first-order chi connectivity index (χ1) is 9.72. The van der Waals surface area contributed by atoms with Gasteiger partial charge in [-0.15, -0.1) is 0 Å². The molecule has 2 bridgehead atoms. The van der Waals surface area contributed by atoms with E-state index in [1.54, 1.807) is 11.1 Å². The van der Waals surface area contributed by atoms with Crippen LogP contribution in [0, 0.1) is 0 Å². The molecule has 0 saturated carbocycles. The van der Waals surface area contributed by atoms with Crippen LogP contribution in [-0.4, -0.2) is 65.8 Å². The molecule has 2 amide bonds. The molecule has 20 heavy (non-hydrogen) atoms. The van der Waals surface area contributed by atoms with Crippen LogP contribution >= 0.6 is 0 Å². The van der Waals surface area contributed by atoms with E-state index in [4.69, 9.17) is 9.07 Å². The van der Waals surface area contributed by atoms with E-state index in [2.05, 4.69) is 9.98 Å². The molecule has 1 fully saturated rings. The van der Waals surface area contributed by atoms with E-state index in [-0.39, 0.29) is 6.04 Å². The fraction of sp³-hybridized carbons (Fsp3) is 0.364. The number of aromatic nitrogens is 1. The van der Waals surface area contributed by atoms with Gasteiger partial charge in [-0.25, -0.2) is 9.78 Å². The predicted octanol–water partition coefficient (Wildman–Crippen LogP) is -0.471. The Hall–Kier alpha value is -2.29. The molecule has 2 atom stereocenters. The van der Waals surface area contributed by atoms with Crippen LogP contribution in [0.4, 0.5) is 4.79 Å². The van der Waals surface area contributed by atoms with E-state index < -0.39 is 12.1 Å². The Morgan fingerprint density at radius 2 is 2.55 bits per heavy atom. The molecule has 104 valence electrons. The standard InChI is InChI=1S/C11H13BN4O4/c12-20-6-13-2-7-1-8(10-3-14-5-19-10)9-4-15(7)11(17)16(9)18/h1,3,5-7,9,18H,2,4,12H2/t7-,9-/m0/s1. The minimum atomic E-state index is -0.432. The molecule has 0 unspecified atom stereocenters. The number of carbonyl (C=O) groups excluding carboxylic acids is 1. The summed E-state index contributed by atoms with van der Waals surface area (Å²) in [5.74, 6) is 0.545. The second-order valence-electron chi connectivity index (χ2n) is 4.56. The van der Waals surface area contributed by atoms with Gasteiger partial charge in [0, 0.05) is 5.57 Å². The molecule has 0 aliphatic carbocycles. The highest BCUT2D eigenvalue weighted by Gasteiger charge is 2.46. The summed E-state index contributed by atoms with van der Waals surface area (Å²) in [6.45, 7) is 0.757. The van der Waals surface area contributed by atoms with Crippen LogP contribution in [0.15, 0.2) is 28.1 Å². The summed E-state index contributed by atoms with van der Waals surface area (Å²) in [4.78, 5) is 21.5. The van der Waals surface area contributed by atoms with Crippen molar-refractivity contribution in [3.63, 3.8) is 0 Å². The summed E-state index contributed by atoms with van der Waals surface area (Å²) >= 11 is 0. The van der Waals surface area contributed by atoms with Gasteiger partial charge in [-0.05, 0) is 0 Å². The first-order valence-corrected chi connectivity index (χ1v) is 6.12. The number of fused-ring (bicyclic) bond motifs is 2. The smallest absolute Gasteiger partial charge is 0.345 e. The lowest BCUT2D eigenvalue weighted by Crippen LogP contribution is -2.40. The van der Waals surface area contributed by atoms with E-state index in [9.17, 15) is 10.0 Å². The van der Waals surface area contributed by atoms with Gasteiger partial charge in [0.15, 0.2) is 18.6 Å². The zero-order valence-corrected chi connectivity index (χ0v) is 10.8. The number of rotatable bonds is 4. The number of carbonyl (C=O) groups is 1. The molecule has 1 aromatic heterocycles. The molecule has 0 aromatic carbocycles. The molecule has 0 spiro atoms. The maximum absolute atomic E-state index is 12.0. The van der Waals surface area contributed by atoms with Crippen molar-refractivity contribution in [2.45, 2.75) is 12.1 Å². The minimum absolute atomic E-state index is 0.248. The summed E-state index contributed by atoms with van der Waals surface area (Å²) < 4.78 is 10.0. The fourth-order valence-electron chi connectivity index (χ4n) is 2.50. The third kappa shape index (κ3) is 1.96. The lowest BCUT2D eigenvalue weighted by Gasteiger charge is -2.27. The number of nitrogens with zero attached hydrogens (tertiary/aromatic N) is 4. The summed E-state index contributed by atoms with van der Waals surface area (Å²) in [5.41, 5.74) is 0.740. The van der Waals surface area contributed by atoms with Crippen molar-refractivity contribution in [2.75, 3.05) is 13.1 Å². The van der Waals surface area contributed by atoms with Gasteiger partial charge in [-0.3, -0.25) is 10.2 Å². The van der Waals surface area contributed by atoms with Crippen molar-refractivity contribution in [3.05, 3.63) is 24.4 Å². The fourth-order valence-corrected chi connectivity index (χ4v) is 2.50. The second-order valence-corrected chi connectivity index (χ2v) is 4.56. The molecule has 3 rings (SSSR count). The van der Waals surface area contributed by atoms with Crippen LogP contribution < -0.4 is 0 Å². The van der Waals surface area contributed by atoms with E-state index in [0.717, 1.165) is 10.6 Å². The molecular weight excluding hydrogens is 263 g/mol. The van der Waals surface area contributed by atoms with Crippen LogP contribution in [0.25, 0.3) is 5.57 Å². The Morgan fingerprint density at radius 3 is 3.25 bits per heavy atom. The van der Waals surface area contributed by atoms with Crippen molar-refractivity contribution in [3.8, 4) is 0 Å². The monoisotopic (exact) mass is 276 g/mol.